The van der Waals surface area contributed by atoms with Crippen LogP contribution >= 0.6 is 0 Å². The largest absolute Gasteiger partial charge is 0.294 e. The molecule has 0 N–H and O–H groups in total. The fourth-order valence-corrected chi connectivity index (χ4v) is 2.56. The van der Waals surface area contributed by atoms with Crippen LogP contribution in [0.2, 0.25) is 0 Å². The first-order valence-electron chi connectivity index (χ1n) is 7.06. The highest BCUT2D eigenvalue weighted by Crippen LogP contribution is 2.26. The monoisotopic (exact) mass is 266 g/mol. The third-order valence-corrected chi connectivity index (χ3v) is 3.56. The van der Waals surface area contributed by atoms with Crippen LogP contribution in [0.15, 0.2) is 48.5 Å². The molecule has 0 saturated heterocycles. The molecule has 2 aromatic carbocycles. The van der Waals surface area contributed by atoms with Crippen LogP contribution in [0.3, 0.4) is 0 Å². The standard InChI is InChI=1S/C19H22O/c1-14-12-16(10-11-17(14)19(2,3)4)18(20)13-15-8-6-5-7-9-15/h5-12H,13H2,1-4H3. The molecule has 0 radical (unpaired) electrons. The van der Waals surface area contributed by atoms with Crippen LogP contribution in [0.25, 0.3) is 0 Å². The summed E-state index contributed by atoms with van der Waals surface area (Å²) in [7, 11) is 0. The van der Waals surface area contributed by atoms with Crippen molar-refractivity contribution in [2.24, 2.45) is 0 Å². The van der Waals surface area contributed by atoms with Gasteiger partial charge in [-0.1, -0.05) is 63.2 Å². The van der Waals surface area contributed by atoms with Crippen LogP contribution in [-0.2, 0) is 11.8 Å². The van der Waals surface area contributed by atoms with Gasteiger partial charge in [0.1, 0.15) is 0 Å². The highest BCUT2D eigenvalue weighted by atomic mass is 16.1. The Balaban J connectivity index is 2.22. The van der Waals surface area contributed by atoms with Gasteiger partial charge in [-0.05, 0) is 35.1 Å². The molecule has 0 fully saturated rings. The lowest BCUT2D eigenvalue weighted by molar-refractivity contribution is 0.0993. The minimum Gasteiger partial charge on any atom is -0.294 e. The van der Waals surface area contributed by atoms with E-state index in [1.54, 1.807) is 0 Å². The van der Waals surface area contributed by atoms with Gasteiger partial charge >= 0.3 is 0 Å². The molecule has 20 heavy (non-hydrogen) atoms. The minimum atomic E-state index is 0.116. The van der Waals surface area contributed by atoms with Crippen molar-refractivity contribution < 1.29 is 4.79 Å². The first-order valence-corrected chi connectivity index (χ1v) is 7.06. The third kappa shape index (κ3) is 3.36. The van der Waals surface area contributed by atoms with Crippen molar-refractivity contribution in [3.63, 3.8) is 0 Å². The lowest BCUT2D eigenvalue weighted by Crippen LogP contribution is -2.14. The van der Waals surface area contributed by atoms with E-state index in [2.05, 4.69) is 33.8 Å². The molecule has 0 aliphatic carbocycles. The second-order valence-electron chi connectivity index (χ2n) is 6.37. The normalized spacial score (nSPS) is 11.4. The number of benzene rings is 2. The van der Waals surface area contributed by atoms with E-state index in [1.807, 2.05) is 42.5 Å². The Kier molecular flexibility index (Phi) is 4.08. The number of carbonyl (C=O) groups excluding carboxylic acids is 1. The van der Waals surface area contributed by atoms with E-state index in [0.29, 0.717) is 6.42 Å². The van der Waals surface area contributed by atoms with Gasteiger partial charge in [0.2, 0.25) is 0 Å². The number of hydrogen-bond donors (Lipinski definition) is 0. The SMILES string of the molecule is Cc1cc(C(=O)Cc2ccccc2)ccc1C(C)(C)C. The third-order valence-electron chi connectivity index (χ3n) is 3.56. The van der Waals surface area contributed by atoms with Crippen LogP contribution in [0.5, 0.6) is 0 Å². The van der Waals surface area contributed by atoms with Gasteiger partial charge in [-0.15, -0.1) is 0 Å². The fraction of sp³-hybridized carbons (Fsp3) is 0.316. The predicted molar refractivity (Wildman–Crippen MR) is 84.4 cm³/mol. The van der Waals surface area contributed by atoms with Gasteiger partial charge in [0.05, 0.1) is 0 Å². The van der Waals surface area contributed by atoms with Crippen molar-refractivity contribution in [3.8, 4) is 0 Å². The van der Waals surface area contributed by atoms with Gasteiger partial charge in [0.15, 0.2) is 5.78 Å². The summed E-state index contributed by atoms with van der Waals surface area (Å²) in [6.45, 7) is 8.67. The van der Waals surface area contributed by atoms with Crippen molar-refractivity contribution in [2.75, 3.05) is 0 Å². The summed E-state index contributed by atoms with van der Waals surface area (Å²) >= 11 is 0. The summed E-state index contributed by atoms with van der Waals surface area (Å²) in [6.07, 6.45) is 0.467. The molecule has 2 rings (SSSR count). The molecule has 0 bridgehead atoms. The molecule has 0 unspecified atom stereocenters. The van der Waals surface area contributed by atoms with Crippen molar-refractivity contribution in [1.29, 1.82) is 0 Å². The summed E-state index contributed by atoms with van der Waals surface area (Å²) in [4.78, 5) is 12.3. The summed E-state index contributed by atoms with van der Waals surface area (Å²) in [5, 5.41) is 0. The second-order valence-corrected chi connectivity index (χ2v) is 6.37. The molecule has 104 valence electrons. The Morgan fingerprint density at radius 1 is 1.00 bits per heavy atom. The van der Waals surface area contributed by atoms with Gasteiger partial charge in [0.25, 0.3) is 0 Å². The Morgan fingerprint density at radius 2 is 1.65 bits per heavy atom. The molecule has 1 nitrogen and oxygen atoms in total. The molecule has 0 aliphatic heterocycles. The highest BCUT2D eigenvalue weighted by molar-refractivity contribution is 5.97. The Bertz CT molecular complexity index is 603. The summed E-state index contributed by atoms with van der Waals surface area (Å²) in [5.74, 6) is 0.180. The molecule has 0 atom stereocenters. The molecule has 0 amide bonds. The fourth-order valence-electron chi connectivity index (χ4n) is 2.56. The molecular formula is C19H22O. The minimum absolute atomic E-state index is 0.116. The van der Waals surface area contributed by atoms with Crippen molar-refractivity contribution >= 4 is 5.78 Å². The number of aryl methyl sites for hydroxylation is 1. The van der Waals surface area contributed by atoms with Crippen molar-refractivity contribution in [2.45, 2.75) is 39.5 Å². The molecule has 2 aromatic rings. The van der Waals surface area contributed by atoms with Gasteiger partial charge in [-0.2, -0.15) is 0 Å². The maximum absolute atomic E-state index is 12.3. The predicted octanol–water partition coefficient (Wildman–Crippen LogP) is 4.72. The lowest BCUT2D eigenvalue weighted by Gasteiger charge is -2.22. The van der Waals surface area contributed by atoms with Gasteiger partial charge in [-0.3, -0.25) is 4.79 Å². The van der Waals surface area contributed by atoms with E-state index >= 15 is 0 Å². The Morgan fingerprint density at radius 3 is 2.20 bits per heavy atom. The van der Waals surface area contributed by atoms with Crippen LogP contribution in [0.1, 0.15) is 47.8 Å². The Hall–Kier alpha value is -1.89. The first kappa shape index (κ1) is 14.5. The number of ketones is 1. The maximum atomic E-state index is 12.3. The van der Waals surface area contributed by atoms with E-state index in [-0.39, 0.29) is 11.2 Å². The summed E-state index contributed by atoms with van der Waals surface area (Å²) in [5.41, 5.74) is 4.48. The molecule has 1 heteroatoms. The highest BCUT2D eigenvalue weighted by Gasteiger charge is 2.17. The number of rotatable bonds is 3. The number of Topliss-reactive ketones (excluding diaryl/α,β-unsaturated/α-hetero) is 1. The zero-order valence-corrected chi connectivity index (χ0v) is 12.7. The van der Waals surface area contributed by atoms with Gasteiger partial charge in [-0.25, -0.2) is 0 Å². The average molecular weight is 266 g/mol. The zero-order valence-electron chi connectivity index (χ0n) is 12.7. The average Bonchev–Trinajstić information content (AvgIpc) is 2.38. The van der Waals surface area contributed by atoms with Crippen LogP contribution in [0, 0.1) is 6.92 Å². The molecule has 0 saturated carbocycles. The van der Waals surface area contributed by atoms with Crippen LogP contribution in [-0.4, -0.2) is 5.78 Å². The lowest BCUT2D eigenvalue weighted by atomic mass is 9.83. The summed E-state index contributed by atoms with van der Waals surface area (Å²) < 4.78 is 0. The smallest absolute Gasteiger partial charge is 0.167 e. The molecule has 0 spiro atoms. The van der Waals surface area contributed by atoms with Crippen molar-refractivity contribution in [3.05, 3.63) is 70.8 Å². The van der Waals surface area contributed by atoms with E-state index in [9.17, 15) is 4.79 Å². The quantitative estimate of drug-likeness (QED) is 0.735. The van der Waals surface area contributed by atoms with E-state index in [4.69, 9.17) is 0 Å². The zero-order chi connectivity index (χ0) is 14.8. The molecular weight excluding hydrogens is 244 g/mol. The van der Waals surface area contributed by atoms with Crippen LogP contribution in [0.4, 0.5) is 0 Å². The van der Waals surface area contributed by atoms with E-state index < -0.39 is 0 Å². The second kappa shape index (κ2) is 5.62. The number of carbonyl (C=O) groups is 1. The molecule has 0 aliphatic rings. The molecule has 0 aromatic heterocycles. The van der Waals surface area contributed by atoms with Gasteiger partial charge in [0, 0.05) is 12.0 Å². The number of hydrogen-bond acceptors (Lipinski definition) is 1. The molecule has 0 heterocycles. The first-order chi connectivity index (χ1) is 9.38. The van der Waals surface area contributed by atoms with Gasteiger partial charge < -0.3 is 0 Å². The van der Waals surface area contributed by atoms with E-state index in [0.717, 1.165) is 11.1 Å². The van der Waals surface area contributed by atoms with Crippen molar-refractivity contribution in [1.82, 2.24) is 0 Å². The van der Waals surface area contributed by atoms with E-state index in [1.165, 1.54) is 11.1 Å². The summed E-state index contributed by atoms with van der Waals surface area (Å²) in [6, 6.07) is 16.0. The Labute approximate surface area is 121 Å². The van der Waals surface area contributed by atoms with Crippen LogP contribution < -0.4 is 0 Å². The maximum Gasteiger partial charge on any atom is 0.167 e. The topological polar surface area (TPSA) is 17.1 Å².